The summed E-state index contributed by atoms with van der Waals surface area (Å²) < 4.78 is 40.3. The van der Waals surface area contributed by atoms with Crippen LogP contribution in [0, 0.1) is 5.92 Å². The molecule has 2 aliphatic rings. The number of amides is 1. The number of rotatable bonds is 7. The summed E-state index contributed by atoms with van der Waals surface area (Å²) >= 11 is 1.65. The molecule has 0 bridgehead atoms. The number of carbonyl (C=O) groups excluding carboxylic acids is 1. The van der Waals surface area contributed by atoms with E-state index in [0.29, 0.717) is 25.1 Å². The molecular formula is C28H30F3N3OS. The van der Waals surface area contributed by atoms with Crippen LogP contribution in [0.15, 0.2) is 66.0 Å². The summed E-state index contributed by atoms with van der Waals surface area (Å²) in [6.45, 7) is 3.64. The highest BCUT2D eigenvalue weighted by atomic mass is 32.1. The van der Waals surface area contributed by atoms with Gasteiger partial charge in [0.25, 0.3) is 0 Å². The Labute approximate surface area is 213 Å². The van der Waals surface area contributed by atoms with Crippen molar-refractivity contribution in [2.45, 2.75) is 31.5 Å². The molecule has 0 saturated carbocycles. The van der Waals surface area contributed by atoms with Crippen molar-refractivity contribution in [2.24, 2.45) is 5.92 Å². The van der Waals surface area contributed by atoms with Crippen molar-refractivity contribution in [3.8, 4) is 0 Å². The second-order valence-electron chi connectivity index (χ2n) is 9.57. The summed E-state index contributed by atoms with van der Waals surface area (Å²) in [5, 5.41) is 5.08. The Morgan fingerprint density at radius 3 is 2.61 bits per heavy atom. The van der Waals surface area contributed by atoms with Crippen LogP contribution in [-0.2, 0) is 30.2 Å². The fourth-order valence-corrected chi connectivity index (χ4v) is 6.10. The summed E-state index contributed by atoms with van der Waals surface area (Å²) in [6, 6.07) is 18.3. The molecular weight excluding hydrogens is 483 g/mol. The second-order valence-corrected chi connectivity index (χ2v) is 10.6. The van der Waals surface area contributed by atoms with Gasteiger partial charge in [0.15, 0.2) is 0 Å². The van der Waals surface area contributed by atoms with E-state index in [9.17, 15) is 18.0 Å². The highest BCUT2D eigenvalue weighted by Crippen LogP contribution is 2.39. The van der Waals surface area contributed by atoms with Crippen molar-refractivity contribution in [1.82, 2.24) is 10.2 Å². The van der Waals surface area contributed by atoms with Crippen LogP contribution in [0.4, 0.5) is 18.9 Å². The Hall–Kier alpha value is -2.84. The molecule has 2 atom stereocenters. The number of piperazine rings is 1. The predicted octanol–water partition coefficient (Wildman–Crippen LogP) is 5.03. The van der Waals surface area contributed by atoms with Gasteiger partial charge in [-0.25, -0.2) is 0 Å². The third-order valence-electron chi connectivity index (χ3n) is 7.27. The van der Waals surface area contributed by atoms with Gasteiger partial charge in [0.1, 0.15) is 0 Å². The summed E-state index contributed by atoms with van der Waals surface area (Å²) in [5.74, 6) is -0.474. The van der Waals surface area contributed by atoms with Crippen LogP contribution in [0.2, 0.25) is 0 Å². The monoisotopic (exact) mass is 513 g/mol. The average molecular weight is 514 g/mol. The zero-order valence-electron chi connectivity index (χ0n) is 20.0. The summed E-state index contributed by atoms with van der Waals surface area (Å²) in [6.07, 6.45) is -2.41. The molecule has 190 valence electrons. The lowest BCUT2D eigenvalue weighted by molar-refractivity contribution is -0.137. The lowest BCUT2D eigenvalue weighted by Gasteiger charge is -2.49. The van der Waals surface area contributed by atoms with Gasteiger partial charge in [-0.3, -0.25) is 9.69 Å². The van der Waals surface area contributed by atoms with E-state index in [2.05, 4.69) is 27.2 Å². The van der Waals surface area contributed by atoms with Gasteiger partial charge in [-0.2, -0.15) is 13.2 Å². The number of fused-ring (bicyclic) bond motifs is 3. The molecule has 0 spiro atoms. The average Bonchev–Trinajstić information content (AvgIpc) is 3.40. The Morgan fingerprint density at radius 2 is 1.86 bits per heavy atom. The number of hydrogen-bond donors (Lipinski definition) is 1. The van der Waals surface area contributed by atoms with E-state index >= 15 is 0 Å². The number of nitrogens with zero attached hydrogens (tertiary/aromatic N) is 2. The molecule has 1 N–H and O–H groups in total. The maximum absolute atomic E-state index is 13.4. The Bertz CT molecular complexity index is 1170. The Kier molecular flexibility index (Phi) is 7.34. The van der Waals surface area contributed by atoms with Crippen LogP contribution in [0.3, 0.4) is 0 Å². The molecule has 3 heterocycles. The maximum atomic E-state index is 13.4. The molecule has 1 amide bonds. The molecule has 0 radical (unpaired) electrons. The molecule has 36 heavy (non-hydrogen) atoms. The minimum absolute atomic E-state index is 0.0690. The molecule has 2 aliphatic heterocycles. The number of anilines is 1. The number of thiophene rings is 1. The molecule has 0 aliphatic carbocycles. The SMILES string of the molecule is O=C(NCCc1cccs1)C1Cc2cc(C(F)(F)F)ccc2N2CCN(CCc3ccccc3)CC12. The molecule has 1 fully saturated rings. The van der Waals surface area contributed by atoms with Crippen molar-refractivity contribution in [3.05, 3.63) is 87.6 Å². The largest absolute Gasteiger partial charge is 0.416 e. The van der Waals surface area contributed by atoms with E-state index in [1.165, 1.54) is 22.6 Å². The van der Waals surface area contributed by atoms with Crippen LogP contribution in [0.5, 0.6) is 0 Å². The van der Waals surface area contributed by atoms with Gasteiger partial charge in [-0.05, 0) is 60.0 Å². The van der Waals surface area contributed by atoms with Crippen LogP contribution >= 0.6 is 11.3 Å². The molecule has 2 aromatic carbocycles. The first kappa shape index (κ1) is 24.8. The van der Waals surface area contributed by atoms with Crippen molar-refractivity contribution in [1.29, 1.82) is 0 Å². The Balaban J connectivity index is 1.33. The zero-order chi connectivity index (χ0) is 25.1. The number of alkyl halides is 3. The standard InChI is InChI=1S/C28H30F3N3OS/c29-28(30,31)22-8-9-25-21(17-22)18-24(27(35)32-12-10-23-7-4-16-36-23)26-19-33(14-15-34(25)26)13-11-20-5-2-1-3-6-20/h1-9,16-17,24,26H,10-15,18-19H2,(H,32,35). The number of carbonyl (C=O) groups is 1. The van der Waals surface area contributed by atoms with E-state index in [-0.39, 0.29) is 11.9 Å². The fraction of sp³-hybridized carbons (Fsp3) is 0.393. The minimum atomic E-state index is -4.40. The first-order valence-corrected chi connectivity index (χ1v) is 13.3. The third kappa shape index (κ3) is 5.60. The molecule has 4 nitrogen and oxygen atoms in total. The van der Waals surface area contributed by atoms with E-state index in [1.807, 2.05) is 35.7 Å². The Morgan fingerprint density at radius 1 is 1.03 bits per heavy atom. The van der Waals surface area contributed by atoms with E-state index < -0.39 is 17.7 Å². The van der Waals surface area contributed by atoms with Gasteiger partial charge in [-0.15, -0.1) is 11.3 Å². The lowest BCUT2D eigenvalue weighted by atomic mass is 9.82. The van der Waals surface area contributed by atoms with Crippen molar-refractivity contribution in [3.63, 3.8) is 0 Å². The normalized spacial score (nSPS) is 20.0. The predicted molar refractivity (Wildman–Crippen MR) is 137 cm³/mol. The van der Waals surface area contributed by atoms with Crippen LogP contribution in [-0.4, -0.2) is 49.6 Å². The molecule has 1 aromatic heterocycles. The second kappa shape index (κ2) is 10.6. The van der Waals surface area contributed by atoms with Crippen LogP contribution in [0.1, 0.15) is 21.6 Å². The number of nitrogens with one attached hydrogen (secondary N) is 1. The van der Waals surface area contributed by atoms with E-state index in [1.54, 1.807) is 17.4 Å². The summed E-state index contributed by atoms with van der Waals surface area (Å²) in [7, 11) is 0. The van der Waals surface area contributed by atoms with Gasteiger partial charge in [-0.1, -0.05) is 36.4 Å². The highest BCUT2D eigenvalue weighted by molar-refractivity contribution is 7.09. The molecule has 1 saturated heterocycles. The number of hydrogen-bond acceptors (Lipinski definition) is 4. The quantitative estimate of drug-likeness (QED) is 0.481. The minimum Gasteiger partial charge on any atom is -0.365 e. The maximum Gasteiger partial charge on any atom is 0.416 e. The number of halogens is 3. The third-order valence-corrected chi connectivity index (χ3v) is 8.21. The van der Waals surface area contributed by atoms with Crippen molar-refractivity contribution < 1.29 is 18.0 Å². The van der Waals surface area contributed by atoms with Crippen molar-refractivity contribution in [2.75, 3.05) is 37.6 Å². The van der Waals surface area contributed by atoms with Crippen LogP contribution < -0.4 is 10.2 Å². The van der Waals surface area contributed by atoms with Gasteiger partial charge in [0.2, 0.25) is 5.91 Å². The summed E-state index contributed by atoms with van der Waals surface area (Å²) in [4.78, 5) is 19.1. The van der Waals surface area contributed by atoms with Gasteiger partial charge in [0.05, 0.1) is 17.5 Å². The molecule has 5 rings (SSSR count). The van der Waals surface area contributed by atoms with Crippen LogP contribution in [0.25, 0.3) is 0 Å². The van der Waals surface area contributed by atoms with Gasteiger partial charge < -0.3 is 10.2 Å². The van der Waals surface area contributed by atoms with E-state index in [0.717, 1.165) is 38.2 Å². The zero-order valence-corrected chi connectivity index (χ0v) is 20.8. The smallest absolute Gasteiger partial charge is 0.365 e. The molecule has 8 heteroatoms. The number of benzene rings is 2. The highest BCUT2D eigenvalue weighted by Gasteiger charge is 2.42. The first-order chi connectivity index (χ1) is 17.4. The molecule has 2 unspecified atom stereocenters. The van der Waals surface area contributed by atoms with Gasteiger partial charge in [0, 0.05) is 43.3 Å². The lowest BCUT2D eigenvalue weighted by Crippen LogP contribution is -2.61. The van der Waals surface area contributed by atoms with Crippen molar-refractivity contribution >= 4 is 22.9 Å². The molecule has 3 aromatic rings. The summed E-state index contributed by atoms with van der Waals surface area (Å²) in [5.41, 5.74) is 2.06. The first-order valence-electron chi connectivity index (χ1n) is 12.4. The van der Waals surface area contributed by atoms with E-state index in [4.69, 9.17) is 0 Å². The fourth-order valence-electron chi connectivity index (χ4n) is 5.39. The topological polar surface area (TPSA) is 35.6 Å². The van der Waals surface area contributed by atoms with Gasteiger partial charge >= 0.3 is 6.18 Å².